The average Bonchev–Trinajstić information content (AvgIpc) is 2.60. The van der Waals surface area contributed by atoms with Crippen molar-refractivity contribution in [2.75, 3.05) is 36.8 Å². The van der Waals surface area contributed by atoms with E-state index in [9.17, 15) is 26.4 Å². The van der Waals surface area contributed by atoms with Crippen molar-refractivity contribution in [2.45, 2.75) is 31.7 Å². The zero-order chi connectivity index (χ0) is 19.5. The van der Waals surface area contributed by atoms with E-state index in [1.54, 1.807) is 17.9 Å². The molecule has 1 heterocycles. The van der Waals surface area contributed by atoms with E-state index in [0.717, 1.165) is 12.1 Å². The fourth-order valence-electron chi connectivity index (χ4n) is 2.94. The second-order valence-electron chi connectivity index (χ2n) is 6.37. The number of anilines is 1. The number of rotatable bonds is 5. The van der Waals surface area contributed by atoms with Gasteiger partial charge in [0, 0.05) is 31.9 Å². The van der Waals surface area contributed by atoms with Crippen molar-refractivity contribution in [2.24, 2.45) is 0 Å². The summed E-state index contributed by atoms with van der Waals surface area (Å²) in [7, 11) is -3.48. The maximum atomic E-state index is 12.8. The molecule has 1 fully saturated rings. The molecule has 1 unspecified atom stereocenters. The Bertz CT molecular complexity index is 742. The molecule has 5 nitrogen and oxygen atoms in total. The molecule has 1 saturated heterocycles. The quantitative estimate of drug-likeness (QED) is 0.773. The van der Waals surface area contributed by atoms with Crippen LogP contribution in [0.15, 0.2) is 24.3 Å². The molecule has 0 N–H and O–H groups in total. The molecule has 0 spiro atoms. The maximum Gasteiger partial charge on any atom is 0.416 e. The number of nitrogens with zero attached hydrogens (tertiary/aromatic N) is 2. The molecule has 0 aliphatic carbocycles. The number of hydrogen-bond acceptors (Lipinski definition) is 4. The molecule has 9 heteroatoms. The van der Waals surface area contributed by atoms with Gasteiger partial charge in [-0.1, -0.05) is 13.0 Å². The van der Waals surface area contributed by atoms with E-state index >= 15 is 0 Å². The monoisotopic (exact) mass is 392 g/mol. The van der Waals surface area contributed by atoms with Crippen LogP contribution in [0.1, 0.15) is 25.8 Å². The van der Waals surface area contributed by atoms with Gasteiger partial charge in [0.1, 0.15) is 5.25 Å². The van der Waals surface area contributed by atoms with Gasteiger partial charge in [-0.2, -0.15) is 13.2 Å². The van der Waals surface area contributed by atoms with E-state index in [1.165, 1.54) is 17.9 Å². The minimum Gasteiger partial charge on any atom is -0.368 e. The highest BCUT2D eigenvalue weighted by atomic mass is 32.2. The molecule has 0 aromatic heterocycles. The largest absolute Gasteiger partial charge is 0.416 e. The Morgan fingerprint density at radius 1 is 1.19 bits per heavy atom. The van der Waals surface area contributed by atoms with Gasteiger partial charge >= 0.3 is 6.18 Å². The molecule has 1 aliphatic heterocycles. The highest BCUT2D eigenvalue weighted by Gasteiger charge is 2.33. The van der Waals surface area contributed by atoms with Crippen LogP contribution < -0.4 is 4.90 Å². The van der Waals surface area contributed by atoms with Crippen LogP contribution in [-0.4, -0.2) is 56.4 Å². The van der Waals surface area contributed by atoms with Crippen LogP contribution in [0, 0.1) is 0 Å². The normalized spacial score (nSPS) is 17.3. The lowest BCUT2D eigenvalue weighted by atomic mass is 10.1. The predicted molar refractivity (Wildman–Crippen MR) is 93.8 cm³/mol. The number of piperazine rings is 1. The minimum absolute atomic E-state index is 0.0376. The van der Waals surface area contributed by atoms with E-state index in [2.05, 4.69) is 0 Å². The van der Waals surface area contributed by atoms with Gasteiger partial charge in [-0.3, -0.25) is 4.79 Å². The number of hydrogen-bond donors (Lipinski definition) is 0. The molecule has 1 aromatic carbocycles. The maximum absolute atomic E-state index is 12.8. The first kappa shape index (κ1) is 20.5. The Morgan fingerprint density at radius 2 is 1.81 bits per heavy atom. The standard InChI is InChI=1S/C17H23F3N2O3S/c1-3-11-26(24,25)13(2)16(23)22-9-7-21(8-10-22)15-6-4-5-14(12-15)17(18,19)20/h4-6,12-13H,3,7-11H2,1-2H3. The van der Waals surface area contributed by atoms with E-state index in [-0.39, 0.29) is 18.8 Å². The van der Waals surface area contributed by atoms with E-state index in [0.29, 0.717) is 25.2 Å². The summed E-state index contributed by atoms with van der Waals surface area (Å²) >= 11 is 0. The fourth-order valence-corrected chi connectivity index (χ4v) is 4.31. The predicted octanol–water partition coefficient (Wildman–Crippen LogP) is 2.57. The topological polar surface area (TPSA) is 57.7 Å². The highest BCUT2D eigenvalue weighted by molar-refractivity contribution is 7.92. The molecule has 1 aliphatic rings. The van der Waals surface area contributed by atoms with Gasteiger partial charge in [0.2, 0.25) is 5.91 Å². The van der Waals surface area contributed by atoms with E-state index in [1.807, 2.05) is 0 Å². The van der Waals surface area contributed by atoms with Crippen LogP contribution in [0.5, 0.6) is 0 Å². The van der Waals surface area contributed by atoms with Gasteiger partial charge in [-0.15, -0.1) is 0 Å². The number of sulfone groups is 1. The van der Waals surface area contributed by atoms with Crippen molar-refractivity contribution in [3.8, 4) is 0 Å². The second-order valence-corrected chi connectivity index (χ2v) is 8.81. The molecule has 26 heavy (non-hydrogen) atoms. The molecule has 0 bridgehead atoms. The summed E-state index contributed by atoms with van der Waals surface area (Å²) in [4.78, 5) is 15.7. The minimum atomic E-state index is -4.41. The van der Waals surface area contributed by atoms with Crippen LogP contribution in [0.3, 0.4) is 0 Å². The van der Waals surface area contributed by atoms with Gasteiger partial charge in [0.25, 0.3) is 0 Å². The Morgan fingerprint density at radius 3 is 2.35 bits per heavy atom. The van der Waals surface area contributed by atoms with Crippen molar-refractivity contribution < 1.29 is 26.4 Å². The molecular formula is C17H23F3N2O3S. The fraction of sp³-hybridized carbons (Fsp3) is 0.588. The third-order valence-electron chi connectivity index (χ3n) is 4.51. The first-order valence-electron chi connectivity index (χ1n) is 8.49. The zero-order valence-electron chi connectivity index (χ0n) is 14.8. The molecule has 1 amide bonds. The lowest BCUT2D eigenvalue weighted by Crippen LogP contribution is -2.52. The van der Waals surface area contributed by atoms with Gasteiger partial charge in [0.05, 0.1) is 11.3 Å². The van der Waals surface area contributed by atoms with Crippen LogP contribution in [0.4, 0.5) is 18.9 Å². The Kier molecular flexibility index (Phi) is 6.21. The molecule has 2 rings (SSSR count). The van der Waals surface area contributed by atoms with Crippen LogP contribution in [0.2, 0.25) is 0 Å². The molecular weight excluding hydrogens is 369 g/mol. The van der Waals surface area contributed by atoms with Crippen LogP contribution >= 0.6 is 0 Å². The Balaban J connectivity index is 2.02. The van der Waals surface area contributed by atoms with Gasteiger partial charge < -0.3 is 9.80 Å². The second kappa shape index (κ2) is 7.85. The van der Waals surface area contributed by atoms with Crippen molar-refractivity contribution in [3.63, 3.8) is 0 Å². The summed E-state index contributed by atoms with van der Waals surface area (Å²) in [6.45, 7) is 4.40. The number of carbonyl (C=O) groups is 1. The third-order valence-corrected chi connectivity index (χ3v) is 6.76. The number of halogens is 3. The summed E-state index contributed by atoms with van der Waals surface area (Å²) in [6, 6.07) is 5.06. The lowest BCUT2D eigenvalue weighted by molar-refractivity contribution is -0.137. The number of benzene rings is 1. The van der Waals surface area contributed by atoms with Gasteiger partial charge in [0.15, 0.2) is 9.84 Å². The summed E-state index contributed by atoms with van der Waals surface area (Å²) in [5.41, 5.74) is -0.272. The average molecular weight is 392 g/mol. The molecule has 1 atom stereocenters. The van der Waals surface area contributed by atoms with Crippen molar-refractivity contribution >= 4 is 21.4 Å². The summed E-state index contributed by atoms with van der Waals surface area (Å²) in [5.74, 6) is -0.480. The number of carbonyl (C=O) groups excluding carboxylic acids is 1. The van der Waals surface area contributed by atoms with Crippen molar-refractivity contribution in [1.82, 2.24) is 4.90 Å². The summed E-state index contributed by atoms with van der Waals surface area (Å²) in [5, 5.41) is -1.09. The summed E-state index contributed by atoms with van der Waals surface area (Å²) in [6.07, 6.45) is -3.96. The molecule has 0 saturated carbocycles. The molecule has 1 aromatic rings. The third kappa shape index (κ3) is 4.69. The Hall–Kier alpha value is -1.77. The molecule has 0 radical (unpaired) electrons. The van der Waals surface area contributed by atoms with Crippen molar-refractivity contribution in [3.05, 3.63) is 29.8 Å². The highest BCUT2D eigenvalue weighted by Crippen LogP contribution is 2.31. The SMILES string of the molecule is CCCS(=O)(=O)C(C)C(=O)N1CCN(c2cccc(C(F)(F)F)c2)CC1. The van der Waals surface area contributed by atoms with Gasteiger partial charge in [-0.05, 0) is 31.5 Å². The van der Waals surface area contributed by atoms with Crippen LogP contribution in [0.25, 0.3) is 0 Å². The van der Waals surface area contributed by atoms with Crippen molar-refractivity contribution in [1.29, 1.82) is 0 Å². The lowest BCUT2D eigenvalue weighted by Gasteiger charge is -2.37. The van der Waals surface area contributed by atoms with Gasteiger partial charge in [-0.25, -0.2) is 8.42 Å². The summed E-state index contributed by atoms with van der Waals surface area (Å²) < 4.78 is 62.6. The molecule has 146 valence electrons. The smallest absolute Gasteiger partial charge is 0.368 e. The Labute approximate surface area is 151 Å². The van der Waals surface area contributed by atoms with E-state index in [4.69, 9.17) is 0 Å². The first-order chi connectivity index (χ1) is 12.1. The number of alkyl halides is 3. The zero-order valence-corrected chi connectivity index (χ0v) is 15.6. The first-order valence-corrected chi connectivity index (χ1v) is 10.2. The number of amides is 1. The van der Waals surface area contributed by atoms with E-state index < -0.39 is 32.7 Å². The van der Waals surface area contributed by atoms with Crippen LogP contribution in [-0.2, 0) is 20.8 Å².